The second kappa shape index (κ2) is 5.67. The first-order chi connectivity index (χ1) is 9.99. The van der Waals surface area contributed by atoms with Crippen molar-refractivity contribution in [1.82, 2.24) is 0 Å². The van der Waals surface area contributed by atoms with E-state index in [0.29, 0.717) is 5.56 Å². The summed E-state index contributed by atoms with van der Waals surface area (Å²) < 4.78 is 23.4. The van der Waals surface area contributed by atoms with Crippen molar-refractivity contribution in [3.63, 3.8) is 0 Å². The van der Waals surface area contributed by atoms with Crippen molar-refractivity contribution >= 4 is 5.97 Å². The third-order valence-corrected chi connectivity index (χ3v) is 3.19. The predicted octanol–water partition coefficient (Wildman–Crippen LogP) is 2.08. The molecule has 1 aliphatic heterocycles. The number of allylic oxidation sites excluding steroid dienone is 2. The Kier molecular flexibility index (Phi) is 3.94. The lowest BCUT2D eigenvalue weighted by Gasteiger charge is -2.26. The summed E-state index contributed by atoms with van der Waals surface area (Å²) in [7, 11) is 1.22. The monoisotopic (exact) mass is 288 g/mol. The number of methoxy groups -OCH3 is 1. The average Bonchev–Trinajstić information content (AvgIpc) is 2.45. The number of nitrogens with zero attached hydrogens (tertiary/aromatic N) is 1. The Morgan fingerprint density at radius 3 is 2.81 bits per heavy atom. The van der Waals surface area contributed by atoms with Gasteiger partial charge in [0, 0.05) is 0 Å². The minimum Gasteiger partial charge on any atom is -0.466 e. The molecule has 21 heavy (non-hydrogen) atoms. The number of hydrogen-bond donors (Lipinski definition) is 1. The predicted molar refractivity (Wildman–Crippen MR) is 71.8 cm³/mol. The van der Waals surface area contributed by atoms with Crippen molar-refractivity contribution in [2.45, 2.75) is 12.8 Å². The summed E-state index contributed by atoms with van der Waals surface area (Å²) in [5.41, 5.74) is 6.31. The smallest absolute Gasteiger partial charge is 0.338 e. The highest BCUT2D eigenvalue weighted by molar-refractivity contribution is 5.92. The number of ether oxygens (including phenoxy) is 2. The molecule has 108 valence electrons. The zero-order chi connectivity index (χ0) is 15.6. The number of hydrogen-bond acceptors (Lipinski definition) is 5. The number of rotatable bonds is 2. The summed E-state index contributed by atoms with van der Waals surface area (Å²) in [6.45, 7) is 1.54. The van der Waals surface area contributed by atoms with Crippen molar-refractivity contribution in [3.05, 3.63) is 58.4 Å². The van der Waals surface area contributed by atoms with Crippen molar-refractivity contribution in [2.24, 2.45) is 5.73 Å². The summed E-state index contributed by atoms with van der Waals surface area (Å²) in [4.78, 5) is 12.0. The highest BCUT2D eigenvalue weighted by atomic mass is 19.1. The van der Waals surface area contributed by atoms with Crippen LogP contribution in [0.15, 0.2) is 47.1 Å². The summed E-state index contributed by atoms with van der Waals surface area (Å²) in [5, 5.41) is 9.28. The standard InChI is InChI=1S/C15H13FN2O3/c1-8-12(15(19)20-2)13(11(7-17)14(18)21-8)9-4-3-5-10(16)6-9/h3-6,13H,18H2,1-2H3/t13-/m0/s1. The molecule has 0 aliphatic carbocycles. The molecule has 0 saturated carbocycles. The lowest BCUT2D eigenvalue weighted by molar-refractivity contribution is -0.136. The van der Waals surface area contributed by atoms with Gasteiger partial charge in [0.15, 0.2) is 0 Å². The van der Waals surface area contributed by atoms with Gasteiger partial charge in [-0.15, -0.1) is 0 Å². The first-order valence-electron chi connectivity index (χ1n) is 6.11. The molecule has 0 fully saturated rings. The first-order valence-corrected chi connectivity index (χ1v) is 6.11. The van der Waals surface area contributed by atoms with Crippen LogP contribution in [0.1, 0.15) is 18.4 Å². The fourth-order valence-electron chi connectivity index (χ4n) is 2.28. The van der Waals surface area contributed by atoms with Crippen LogP contribution in [0.2, 0.25) is 0 Å². The Morgan fingerprint density at radius 1 is 1.52 bits per heavy atom. The quantitative estimate of drug-likeness (QED) is 0.842. The highest BCUT2D eigenvalue weighted by Gasteiger charge is 2.36. The molecule has 2 N–H and O–H groups in total. The number of carbonyl (C=O) groups is 1. The van der Waals surface area contributed by atoms with Gasteiger partial charge in [0.25, 0.3) is 0 Å². The Balaban J connectivity index is 2.66. The molecule has 0 bridgehead atoms. The summed E-state index contributed by atoms with van der Waals surface area (Å²) in [6, 6.07) is 7.54. The molecule has 0 unspecified atom stereocenters. The minimum absolute atomic E-state index is 0.0478. The van der Waals surface area contributed by atoms with Gasteiger partial charge >= 0.3 is 5.97 Å². The largest absolute Gasteiger partial charge is 0.466 e. The second-order valence-corrected chi connectivity index (χ2v) is 4.44. The molecule has 0 spiro atoms. The highest BCUT2D eigenvalue weighted by Crippen LogP contribution is 2.39. The lowest BCUT2D eigenvalue weighted by Crippen LogP contribution is -2.25. The molecule has 1 heterocycles. The molecule has 6 heteroatoms. The Morgan fingerprint density at radius 2 is 2.24 bits per heavy atom. The van der Waals surface area contributed by atoms with E-state index in [9.17, 15) is 14.4 Å². The SMILES string of the molecule is COC(=O)C1=C(C)OC(N)=C(C#N)[C@@H]1c1cccc(F)c1. The van der Waals surface area contributed by atoms with E-state index in [4.69, 9.17) is 15.2 Å². The second-order valence-electron chi connectivity index (χ2n) is 4.44. The third kappa shape index (κ3) is 2.58. The van der Waals surface area contributed by atoms with Gasteiger partial charge in [-0.3, -0.25) is 0 Å². The number of esters is 1. The molecule has 2 rings (SSSR count). The summed E-state index contributed by atoms with van der Waals surface area (Å²) in [6.07, 6.45) is 0. The zero-order valence-electron chi connectivity index (χ0n) is 11.5. The van der Waals surface area contributed by atoms with E-state index in [1.165, 1.54) is 25.3 Å². The molecule has 1 aromatic carbocycles. The molecule has 1 aliphatic rings. The molecule has 0 saturated heterocycles. The van der Waals surface area contributed by atoms with Crippen LogP contribution in [0.4, 0.5) is 4.39 Å². The Bertz CT molecular complexity index is 701. The maximum absolute atomic E-state index is 13.5. The molecule has 5 nitrogen and oxygen atoms in total. The average molecular weight is 288 g/mol. The van der Waals surface area contributed by atoms with Crippen molar-refractivity contribution in [3.8, 4) is 6.07 Å². The molecule has 0 aromatic heterocycles. The van der Waals surface area contributed by atoms with E-state index >= 15 is 0 Å². The van der Waals surface area contributed by atoms with Crippen LogP contribution < -0.4 is 5.73 Å². The number of nitrogens with two attached hydrogens (primary N) is 1. The molecule has 0 radical (unpaired) electrons. The normalized spacial score (nSPS) is 18.1. The van der Waals surface area contributed by atoms with Crippen LogP contribution in [-0.4, -0.2) is 13.1 Å². The fraction of sp³-hybridized carbons (Fsp3) is 0.200. The van der Waals surface area contributed by atoms with Gasteiger partial charge in [-0.2, -0.15) is 5.26 Å². The van der Waals surface area contributed by atoms with E-state index < -0.39 is 17.7 Å². The van der Waals surface area contributed by atoms with Crippen LogP contribution in [-0.2, 0) is 14.3 Å². The van der Waals surface area contributed by atoms with E-state index in [1.54, 1.807) is 13.0 Å². The summed E-state index contributed by atoms with van der Waals surface area (Å²) >= 11 is 0. The van der Waals surface area contributed by atoms with Gasteiger partial charge in [-0.1, -0.05) is 12.1 Å². The van der Waals surface area contributed by atoms with Crippen molar-refractivity contribution in [2.75, 3.05) is 7.11 Å². The maximum atomic E-state index is 13.5. The van der Waals surface area contributed by atoms with Crippen LogP contribution in [0.3, 0.4) is 0 Å². The molecular weight excluding hydrogens is 275 g/mol. The van der Waals surface area contributed by atoms with Crippen LogP contribution >= 0.6 is 0 Å². The van der Waals surface area contributed by atoms with Gasteiger partial charge < -0.3 is 15.2 Å². The van der Waals surface area contributed by atoms with E-state index in [1.807, 2.05) is 6.07 Å². The Labute approximate surface area is 121 Å². The van der Waals surface area contributed by atoms with Gasteiger partial charge in [-0.05, 0) is 24.6 Å². The van der Waals surface area contributed by atoms with Crippen molar-refractivity contribution in [1.29, 1.82) is 5.26 Å². The first kappa shape index (κ1) is 14.6. The van der Waals surface area contributed by atoms with E-state index in [2.05, 4.69) is 0 Å². The van der Waals surface area contributed by atoms with Gasteiger partial charge in [0.2, 0.25) is 5.88 Å². The van der Waals surface area contributed by atoms with Crippen LogP contribution in [0.5, 0.6) is 0 Å². The fourth-order valence-corrected chi connectivity index (χ4v) is 2.28. The third-order valence-electron chi connectivity index (χ3n) is 3.19. The van der Waals surface area contributed by atoms with Crippen LogP contribution in [0.25, 0.3) is 0 Å². The van der Waals surface area contributed by atoms with Crippen LogP contribution in [0, 0.1) is 17.1 Å². The van der Waals surface area contributed by atoms with Crippen molar-refractivity contribution < 1.29 is 18.7 Å². The molecule has 0 amide bonds. The number of nitriles is 1. The topological polar surface area (TPSA) is 85.3 Å². The number of benzene rings is 1. The Hall–Kier alpha value is -2.81. The van der Waals surface area contributed by atoms with Gasteiger partial charge in [0.05, 0.1) is 18.6 Å². The maximum Gasteiger partial charge on any atom is 0.338 e. The number of carbonyl (C=O) groups excluding carboxylic acids is 1. The number of halogens is 1. The van der Waals surface area contributed by atoms with E-state index in [-0.39, 0.29) is 22.8 Å². The summed E-state index contributed by atoms with van der Waals surface area (Å²) in [5.74, 6) is -1.81. The molecular formula is C15H13FN2O3. The zero-order valence-corrected chi connectivity index (χ0v) is 11.5. The molecule has 1 atom stereocenters. The molecule has 1 aromatic rings. The van der Waals surface area contributed by atoms with Gasteiger partial charge in [-0.25, -0.2) is 9.18 Å². The minimum atomic E-state index is -0.813. The van der Waals surface area contributed by atoms with Gasteiger partial charge in [0.1, 0.15) is 23.2 Å². The lowest BCUT2D eigenvalue weighted by atomic mass is 9.83. The van der Waals surface area contributed by atoms with E-state index in [0.717, 1.165) is 0 Å².